The molecule has 0 aliphatic heterocycles. The van der Waals surface area contributed by atoms with E-state index < -0.39 is 23.9 Å². The second-order valence-corrected chi connectivity index (χ2v) is 13.0. The Hall–Kier alpha value is -1.24. The summed E-state index contributed by atoms with van der Waals surface area (Å²) in [6.07, 6.45) is 9.42. The van der Waals surface area contributed by atoms with Crippen LogP contribution in [0.5, 0.6) is 0 Å². The maximum absolute atomic E-state index is 13.5. The third-order valence-corrected chi connectivity index (χ3v) is 10.9. The maximum atomic E-state index is 13.5. The number of hydrogen-bond acceptors (Lipinski definition) is 5. The van der Waals surface area contributed by atoms with Crippen LogP contribution in [-0.2, 0) is 23.8 Å². The first kappa shape index (κ1) is 23.2. The summed E-state index contributed by atoms with van der Waals surface area (Å²) in [6.45, 7) is 3.50. The Morgan fingerprint density at radius 1 is 0.882 bits per heavy atom. The number of halogens is 2. The zero-order valence-electron chi connectivity index (χ0n) is 20.3. The van der Waals surface area contributed by atoms with Crippen molar-refractivity contribution < 1.29 is 32.6 Å². The Labute approximate surface area is 200 Å². The van der Waals surface area contributed by atoms with Gasteiger partial charge in [-0.15, -0.1) is 0 Å². The number of esters is 2. The van der Waals surface area contributed by atoms with Crippen LogP contribution in [0.4, 0.5) is 8.78 Å². The topological polar surface area (TPSA) is 61.8 Å². The quantitative estimate of drug-likeness (QED) is 0.284. The normalized spacial score (nSPS) is 48.2. The van der Waals surface area contributed by atoms with Crippen LogP contribution in [0.25, 0.3) is 0 Å². The Balaban J connectivity index is 1.05. The van der Waals surface area contributed by atoms with Crippen LogP contribution in [0.3, 0.4) is 0 Å². The van der Waals surface area contributed by atoms with E-state index >= 15 is 0 Å². The van der Waals surface area contributed by atoms with Crippen molar-refractivity contribution in [2.75, 3.05) is 13.4 Å². The van der Waals surface area contributed by atoms with Gasteiger partial charge in [-0.25, -0.2) is 4.79 Å². The molecule has 34 heavy (non-hydrogen) atoms. The van der Waals surface area contributed by atoms with E-state index in [2.05, 4.69) is 6.92 Å². The van der Waals surface area contributed by atoms with Crippen LogP contribution in [0.1, 0.15) is 71.6 Å². The van der Waals surface area contributed by atoms with Gasteiger partial charge in [0.25, 0.3) is 0 Å². The molecule has 0 amide bonds. The van der Waals surface area contributed by atoms with Crippen LogP contribution in [-0.4, -0.2) is 37.4 Å². The average Bonchev–Trinajstić information content (AvgIpc) is 2.76. The van der Waals surface area contributed by atoms with Gasteiger partial charge in [0.1, 0.15) is 6.10 Å². The summed E-state index contributed by atoms with van der Waals surface area (Å²) < 4.78 is 43.9. The van der Waals surface area contributed by atoms with Crippen molar-refractivity contribution >= 4 is 11.9 Å². The number of rotatable bonds is 7. The molecule has 0 aromatic rings. The van der Waals surface area contributed by atoms with E-state index in [1.807, 2.05) is 0 Å². The molecule has 0 heterocycles. The van der Waals surface area contributed by atoms with E-state index in [0.717, 1.165) is 49.4 Å². The van der Waals surface area contributed by atoms with E-state index in [0.29, 0.717) is 19.4 Å². The zero-order chi connectivity index (χ0) is 23.8. The molecule has 6 unspecified atom stereocenters. The fourth-order valence-electron chi connectivity index (χ4n) is 9.59. The lowest BCUT2D eigenvalue weighted by Crippen LogP contribution is -2.57. The van der Waals surface area contributed by atoms with Crippen molar-refractivity contribution in [1.82, 2.24) is 0 Å². The summed E-state index contributed by atoms with van der Waals surface area (Å²) in [5.74, 6) is -1.94. The molecule has 8 fully saturated rings. The van der Waals surface area contributed by atoms with Crippen molar-refractivity contribution in [1.29, 1.82) is 0 Å². The molecule has 0 N–H and O–H groups in total. The van der Waals surface area contributed by atoms with E-state index in [1.54, 1.807) is 0 Å². The summed E-state index contributed by atoms with van der Waals surface area (Å²) in [5.41, 5.74) is 0.174. The monoisotopic (exact) mass is 480 g/mol. The molecule has 190 valence electrons. The number of hydrogen-bond donors (Lipinski definition) is 0. The van der Waals surface area contributed by atoms with Gasteiger partial charge in [0.15, 0.2) is 6.79 Å². The van der Waals surface area contributed by atoms with Gasteiger partial charge in [0.05, 0.1) is 12.5 Å². The minimum Gasteiger partial charge on any atom is -0.457 e. The Morgan fingerprint density at radius 2 is 1.50 bits per heavy atom. The highest BCUT2D eigenvalue weighted by atomic mass is 19.3. The molecule has 8 aliphatic rings. The molecule has 8 bridgehead atoms. The minimum atomic E-state index is -3.52. The SMILES string of the molecule is CC(F)(F)C(=O)OC1C2CC3CC(C2)C(C(=O)OCOCC2(C)C4CC5CC(C4)CC2C5)C1C3. The molecule has 8 rings (SSSR count). The molecule has 0 aromatic carbocycles. The van der Waals surface area contributed by atoms with E-state index in [9.17, 15) is 18.4 Å². The van der Waals surface area contributed by atoms with Crippen molar-refractivity contribution in [3.05, 3.63) is 0 Å². The molecule has 7 heteroatoms. The van der Waals surface area contributed by atoms with Gasteiger partial charge >= 0.3 is 17.9 Å². The van der Waals surface area contributed by atoms with E-state index in [1.165, 1.54) is 32.1 Å². The number of carbonyl (C=O) groups excluding carboxylic acids is 2. The molecule has 0 spiro atoms. The van der Waals surface area contributed by atoms with Gasteiger partial charge in [0, 0.05) is 12.8 Å². The minimum absolute atomic E-state index is 0.0546. The molecule has 5 nitrogen and oxygen atoms in total. The number of alkyl halides is 2. The highest BCUT2D eigenvalue weighted by Gasteiger charge is 2.59. The van der Waals surface area contributed by atoms with Crippen molar-refractivity contribution in [3.63, 3.8) is 0 Å². The number of carbonyl (C=O) groups is 2. The van der Waals surface area contributed by atoms with Gasteiger partial charge < -0.3 is 14.2 Å². The highest BCUT2D eigenvalue weighted by Crippen LogP contribution is 2.62. The van der Waals surface area contributed by atoms with Gasteiger partial charge in [0.2, 0.25) is 0 Å². The molecular formula is C27H38F2O5. The van der Waals surface area contributed by atoms with Crippen LogP contribution in [0.15, 0.2) is 0 Å². The van der Waals surface area contributed by atoms with E-state index in [-0.39, 0.29) is 35.9 Å². The summed E-state index contributed by atoms with van der Waals surface area (Å²) in [4.78, 5) is 25.1. The van der Waals surface area contributed by atoms with Gasteiger partial charge in [-0.1, -0.05) is 6.92 Å². The molecule has 0 saturated heterocycles. The average molecular weight is 481 g/mol. The maximum Gasteiger partial charge on any atom is 0.376 e. The molecule has 6 atom stereocenters. The summed E-state index contributed by atoms with van der Waals surface area (Å²) >= 11 is 0. The molecule has 8 saturated carbocycles. The van der Waals surface area contributed by atoms with Crippen molar-refractivity contribution in [2.24, 2.45) is 58.7 Å². The molecule has 0 aromatic heterocycles. The highest BCUT2D eigenvalue weighted by molar-refractivity contribution is 5.77. The summed E-state index contributed by atoms with van der Waals surface area (Å²) in [5, 5.41) is 0. The predicted molar refractivity (Wildman–Crippen MR) is 118 cm³/mol. The van der Waals surface area contributed by atoms with Gasteiger partial charge in [-0.3, -0.25) is 4.79 Å². The Kier molecular flexibility index (Phi) is 5.55. The third kappa shape index (κ3) is 3.79. The van der Waals surface area contributed by atoms with E-state index in [4.69, 9.17) is 14.2 Å². The second-order valence-electron chi connectivity index (χ2n) is 13.0. The fourth-order valence-corrected chi connectivity index (χ4v) is 9.59. The van der Waals surface area contributed by atoms with Crippen molar-refractivity contribution in [2.45, 2.75) is 83.7 Å². The summed E-state index contributed by atoms with van der Waals surface area (Å²) in [6, 6.07) is 0. The van der Waals surface area contributed by atoms with Gasteiger partial charge in [-0.2, -0.15) is 8.78 Å². The fraction of sp³-hybridized carbons (Fsp3) is 0.926. The lowest BCUT2D eigenvalue weighted by molar-refractivity contribution is -0.211. The second kappa shape index (κ2) is 8.14. The predicted octanol–water partition coefficient (Wildman–Crippen LogP) is 5.22. The van der Waals surface area contributed by atoms with Crippen molar-refractivity contribution in [3.8, 4) is 0 Å². The standard InChI is InChI=1S/C27H38F2O5/c1-26(19-6-14-3-15(8-19)9-20(26)7-14)12-32-13-33-24(30)22-17-4-16-5-18(11-17)23(21(22)10-16)34-25(31)27(2,28)29/h14-23H,3-13H2,1-2H3. The summed E-state index contributed by atoms with van der Waals surface area (Å²) in [7, 11) is 0. The largest absolute Gasteiger partial charge is 0.457 e. The molecule has 0 radical (unpaired) electrons. The Bertz CT molecular complexity index is 809. The number of ether oxygens (including phenoxy) is 3. The van der Waals surface area contributed by atoms with Crippen LogP contribution in [0, 0.1) is 58.7 Å². The van der Waals surface area contributed by atoms with Crippen LogP contribution in [0.2, 0.25) is 0 Å². The lowest BCUT2D eigenvalue weighted by atomic mass is 9.46. The first-order valence-corrected chi connectivity index (χ1v) is 13.4. The Morgan fingerprint density at radius 3 is 2.15 bits per heavy atom. The lowest BCUT2D eigenvalue weighted by Gasteiger charge is -2.60. The first-order valence-electron chi connectivity index (χ1n) is 13.4. The zero-order valence-corrected chi connectivity index (χ0v) is 20.3. The molecular weight excluding hydrogens is 442 g/mol. The first-order chi connectivity index (χ1) is 16.1. The van der Waals surface area contributed by atoms with Gasteiger partial charge in [-0.05, 0) is 105 Å². The third-order valence-electron chi connectivity index (χ3n) is 10.9. The van der Waals surface area contributed by atoms with Crippen LogP contribution < -0.4 is 0 Å². The molecule has 8 aliphatic carbocycles. The smallest absolute Gasteiger partial charge is 0.376 e. The van der Waals surface area contributed by atoms with Crippen LogP contribution >= 0.6 is 0 Å².